The van der Waals surface area contributed by atoms with Gasteiger partial charge in [-0.25, -0.2) is 18.0 Å². The fourth-order valence-electron chi connectivity index (χ4n) is 1.87. The van der Waals surface area contributed by atoms with Crippen molar-refractivity contribution in [1.29, 1.82) is 0 Å². The molecule has 0 unspecified atom stereocenters. The third-order valence-electron chi connectivity index (χ3n) is 2.87. The Morgan fingerprint density at radius 1 is 0.909 bits per heavy atom. The fourth-order valence-corrected chi connectivity index (χ4v) is 1.87. The SMILES string of the molecule is O=C(O)c1ccc(-c2cc(F)c(F)c(F)c2)cc1C(F)(F)F. The lowest BCUT2D eigenvalue weighted by Gasteiger charge is -2.12. The highest BCUT2D eigenvalue weighted by Crippen LogP contribution is 2.35. The molecule has 116 valence electrons. The lowest BCUT2D eigenvalue weighted by Crippen LogP contribution is -2.13. The molecule has 2 aromatic carbocycles. The number of alkyl halides is 3. The van der Waals surface area contributed by atoms with E-state index in [-0.39, 0.29) is 11.1 Å². The Morgan fingerprint density at radius 3 is 1.91 bits per heavy atom. The molecule has 0 aromatic heterocycles. The molecule has 0 aliphatic rings. The minimum Gasteiger partial charge on any atom is -0.478 e. The van der Waals surface area contributed by atoms with Gasteiger partial charge in [0.2, 0.25) is 0 Å². The number of rotatable bonds is 2. The summed E-state index contributed by atoms with van der Waals surface area (Å²) in [5, 5.41) is 8.75. The summed E-state index contributed by atoms with van der Waals surface area (Å²) in [5.74, 6) is -6.67. The van der Waals surface area contributed by atoms with Crippen molar-refractivity contribution < 1.29 is 36.2 Å². The zero-order valence-electron chi connectivity index (χ0n) is 10.5. The van der Waals surface area contributed by atoms with E-state index in [1.807, 2.05) is 0 Å². The lowest BCUT2D eigenvalue weighted by molar-refractivity contribution is -0.138. The van der Waals surface area contributed by atoms with Crippen molar-refractivity contribution in [3.63, 3.8) is 0 Å². The molecule has 0 saturated heterocycles. The van der Waals surface area contributed by atoms with E-state index in [1.165, 1.54) is 0 Å². The lowest BCUT2D eigenvalue weighted by atomic mass is 9.98. The van der Waals surface area contributed by atoms with Gasteiger partial charge in [-0.15, -0.1) is 0 Å². The predicted octanol–water partition coefficient (Wildman–Crippen LogP) is 4.49. The van der Waals surface area contributed by atoms with Gasteiger partial charge in [-0.05, 0) is 35.4 Å². The van der Waals surface area contributed by atoms with Crippen LogP contribution in [-0.4, -0.2) is 11.1 Å². The Bertz CT molecular complexity index is 728. The number of carboxylic acid groups (broad SMARTS) is 1. The fraction of sp³-hybridized carbons (Fsp3) is 0.0714. The summed E-state index contributed by atoms with van der Waals surface area (Å²) in [6, 6.07) is 3.10. The highest BCUT2D eigenvalue weighted by molar-refractivity contribution is 5.90. The van der Waals surface area contributed by atoms with E-state index in [4.69, 9.17) is 5.11 Å². The van der Waals surface area contributed by atoms with Crippen LogP contribution >= 0.6 is 0 Å². The average molecular weight is 320 g/mol. The topological polar surface area (TPSA) is 37.3 Å². The maximum Gasteiger partial charge on any atom is 0.417 e. The Balaban J connectivity index is 2.66. The molecule has 2 rings (SSSR count). The van der Waals surface area contributed by atoms with Crippen LogP contribution in [0.5, 0.6) is 0 Å². The van der Waals surface area contributed by atoms with Gasteiger partial charge in [0.25, 0.3) is 0 Å². The third-order valence-corrected chi connectivity index (χ3v) is 2.87. The monoisotopic (exact) mass is 320 g/mol. The third kappa shape index (κ3) is 2.90. The Kier molecular flexibility index (Phi) is 3.87. The normalized spacial score (nSPS) is 11.5. The molecule has 1 N–H and O–H groups in total. The molecular formula is C14H6F6O2. The average Bonchev–Trinajstić information content (AvgIpc) is 2.42. The number of halogens is 6. The minimum atomic E-state index is -4.97. The summed E-state index contributed by atoms with van der Waals surface area (Å²) in [7, 11) is 0. The molecule has 0 bridgehead atoms. The van der Waals surface area contributed by atoms with Gasteiger partial charge in [-0.1, -0.05) is 6.07 Å². The van der Waals surface area contributed by atoms with Gasteiger partial charge in [-0.2, -0.15) is 13.2 Å². The Morgan fingerprint density at radius 2 is 1.45 bits per heavy atom. The van der Waals surface area contributed by atoms with Crippen LogP contribution in [-0.2, 0) is 6.18 Å². The van der Waals surface area contributed by atoms with Crippen LogP contribution in [0, 0.1) is 17.5 Å². The largest absolute Gasteiger partial charge is 0.478 e. The number of aromatic carboxylic acids is 1. The molecule has 0 heterocycles. The van der Waals surface area contributed by atoms with Crippen molar-refractivity contribution in [1.82, 2.24) is 0 Å². The zero-order chi connectivity index (χ0) is 16.7. The van der Waals surface area contributed by atoms with Crippen molar-refractivity contribution in [2.24, 2.45) is 0 Å². The van der Waals surface area contributed by atoms with Gasteiger partial charge < -0.3 is 5.11 Å². The number of carboxylic acids is 1. The maximum atomic E-state index is 13.1. The highest BCUT2D eigenvalue weighted by Gasteiger charge is 2.35. The number of hydrogen-bond acceptors (Lipinski definition) is 1. The van der Waals surface area contributed by atoms with Crippen LogP contribution in [0.4, 0.5) is 26.3 Å². The molecule has 0 atom stereocenters. The number of carbonyl (C=O) groups is 1. The zero-order valence-corrected chi connectivity index (χ0v) is 10.5. The summed E-state index contributed by atoms with van der Waals surface area (Å²) < 4.78 is 77.7. The standard InChI is InChI=1S/C14H6F6O2/c15-10-4-7(5-11(16)12(10)17)6-1-2-8(13(21)22)9(3-6)14(18,19)20/h1-5H,(H,21,22). The van der Waals surface area contributed by atoms with E-state index >= 15 is 0 Å². The molecule has 0 amide bonds. The van der Waals surface area contributed by atoms with E-state index in [0.29, 0.717) is 24.3 Å². The van der Waals surface area contributed by atoms with Crippen molar-refractivity contribution in [2.75, 3.05) is 0 Å². The summed E-state index contributed by atoms with van der Waals surface area (Å²) >= 11 is 0. The molecule has 0 fully saturated rings. The molecule has 0 aliphatic heterocycles. The summed E-state index contributed by atoms with van der Waals surface area (Å²) in [6.45, 7) is 0. The first-order valence-corrected chi connectivity index (χ1v) is 5.70. The second-order valence-corrected chi connectivity index (χ2v) is 4.32. The Hall–Kier alpha value is -2.51. The van der Waals surface area contributed by atoms with E-state index in [0.717, 1.165) is 6.07 Å². The van der Waals surface area contributed by atoms with Gasteiger partial charge in [-0.3, -0.25) is 0 Å². The van der Waals surface area contributed by atoms with E-state index in [1.54, 1.807) is 0 Å². The second-order valence-electron chi connectivity index (χ2n) is 4.32. The van der Waals surface area contributed by atoms with Crippen molar-refractivity contribution in [3.8, 4) is 11.1 Å². The molecule has 22 heavy (non-hydrogen) atoms. The van der Waals surface area contributed by atoms with Gasteiger partial charge in [0.05, 0.1) is 11.1 Å². The highest BCUT2D eigenvalue weighted by atomic mass is 19.4. The summed E-state index contributed by atoms with van der Waals surface area (Å²) in [5.41, 5.74) is -3.11. The molecule has 0 saturated carbocycles. The first-order chi connectivity index (χ1) is 10.1. The summed E-state index contributed by atoms with van der Waals surface area (Å²) in [4.78, 5) is 10.8. The van der Waals surface area contributed by atoms with Crippen molar-refractivity contribution in [2.45, 2.75) is 6.18 Å². The van der Waals surface area contributed by atoms with Crippen LogP contribution < -0.4 is 0 Å². The van der Waals surface area contributed by atoms with Crippen molar-refractivity contribution in [3.05, 3.63) is 58.9 Å². The molecule has 2 nitrogen and oxygen atoms in total. The van der Waals surface area contributed by atoms with Gasteiger partial charge in [0.15, 0.2) is 17.5 Å². The van der Waals surface area contributed by atoms with Gasteiger partial charge in [0.1, 0.15) is 0 Å². The van der Waals surface area contributed by atoms with Crippen LogP contribution in [0.1, 0.15) is 15.9 Å². The smallest absolute Gasteiger partial charge is 0.417 e. The van der Waals surface area contributed by atoms with E-state index < -0.39 is 40.7 Å². The van der Waals surface area contributed by atoms with Gasteiger partial charge in [0, 0.05) is 0 Å². The molecule has 0 spiro atoms. The quantitative estimate of drug-likeness (QED) is 0.654. The first-order valence-electron chi connectivity index (χ1n) is 5.70. The van der Waals surface area contributed by atoms with Gasteiger partial charge >= 0.3 is 12.1 Å². The van der Waals surface area contributed by atoms with E-state index in [9.17, 15) is 31.1 Å². The van der Waals surface area contributed by atoms with Crippen LogP contribution in [0.25, 0.3) is 11.1 Å². The predicted molar refractivity (Wildman–Crippen MR) is 63.7 cm³/mol. The van der Waals surface area contributed by atoms with Crippen LogP contribution in [0.2, 0.25) is 0 Å². The number of hydrogen-bond donors (Lipinski definition) is 1. The Labute approximate surface area is 119 Å². The second kappa shape index (κ2) is 5.36. The molecule has 0 radical (unpaired) electrons. The van der Waals surface area contributed by atoms with Crippen molar-refractivity contribution >= 4 is 5.97 Å². The van der Waals surface area contributed by atoms with Crippen LogP contribution in [0.3, 0.4) is 0 Å². The van der Waals surface area contributed by atoms with Crippen LogP contribution in [0.15, 0.2) is 30.3 Å². The molecule has 8 heteroatoms. The maximum absolute atomic E-state index is 13.1. The molecule has 2 aromatic rings. The number of benzene rings is 2. The minimum absolute atomic E-state index is 0.296. The summed E-state index contributed by atoms with van der Waals surface area (Å²) in [6.07, 6.45) is -4.97. The molecular weight excluding hydrogens is 314 g/mol. The van der Waals surface area contributed by atoms with E-state index in [2.05, 4.69) is 0 Å². The first kappa shape index (κ1) is 15.9. The molecule has 0 aliphatic carbocycles.